The van der Waals surface area contributed by atoms with Crippen molar-refractivity contribution in [3.63, 3.8) is 0 Å². The second-order valence-electron chi connectivity index (χ2n) is 4.62. The molecule has 4 heteroatoms. The molecule has 0 saturated carbocycles. The van der Waals surface area contributed by atoms with Crippen molar-refractivity contribution < 1.29 is 4.39 Å². The number of pyridine rings is 1. The molecule has 0 amide bonds. The fraction of sp³-hybridized carbons (Fsp3) is 0.267. The third kappa shape index (κ3) is 3.09. The van der Waals surface area contributed by atoms with Crippen LogP contribution in [0.2, 0.25) is 0 Å². The third-order valence-corrected chi connectivity index (χ3v) is 3.14. The van der Waals surface area contributed by atoms with E-state index in [9.17, 15) is 4.39 Å². The minimum atomic E-state index is -0.220. The quantitative estimate of drug-likeness (QED) is 0.917. The molecule has 0 atom stereocenters. The number of nitrogens with zero attached hydrogens (tertiary/aromatic N) is 2. The SMILES string of the molecule is Cc1ccnc(N(C)Cc2cccc(F)c2)c1CN. The molecule has 2 N–H and O–H groups in total. The fourth-order valence-corrected chi connectivity index (χ4v) is 2.14. The summed E-state index contributed by atoms with van der Waals surface area (Å²) in [5.41, 5.74) is 8.84. The van der Waals surface area contributed by atoms with Crippen LogP contribution >= 0.6 is 0 Å². The van der Waals surface area contributed by atoms with Gasteiger partial charge in [-0.05, 0) is 36.2 Å². The predicted molar refractivity (Wildman–Crippen MR) is 75.4 cm³/mol. The highest BCUT2D eigenvalue weighted by Gasteiger charge is 2.10. The van der Waals surface area contributed by atoms with Gasteiger partial charge in [-0.15, -0.1) is 0 Å². The lowest BCUT2D eigenvalue weighted by molar-refractivity contribution is 0.625. The first-order chi connectivity index (χ1) is 9.11. The van der Waals surface area contributed by atoms with Crippen LogP contribution in [0.15, 0.2) is 36.5 Å². The Hall–Kier alpha value is -1.94. The Kier molecular flexibility index (Phi) is 4.12. The van der Waals surface area contributed by atoms with Gasteiger partial charge in [-0.3, -0.25) is 0 Å². The fourth-order valence-electron chi connectivity index (χ4n) is 2.14. The molecule has 0 bridgehead atoms. The Bertz CT molecular complexity index is 569. The summed E-state index contributed by atoms with van der Waals surface area (Å²) in [5, 5.41) is 0. The predicted octanol–water partition coefficient (Wildman–Crippen LogP) is 2.62. The van der Waals surface area contributed by atoms with Crippen molar-refractivity contribution in [1.29, 1.82) is 0 Å². The summed E-state index contributed by atoms with van der Waals surface area (Å²) < 4.78 is 13.2. The Morgan fingerprint density at radius 2 is 2.11 bits per heavy atom. The lowest BCUT2D eigenvalue weighted by Crippen LogP contribution is -2.21. The summed E-state index contributed by atoms with van der Waals surface area (Å²) in [6.07, 6.45) is 1.77. The van der Waals surface area contributed by atoms with Gasteiger partial charge in [0.15, 0.2) is 0 Å². The van der Waals surface area contributed by atoms with Gasteiger partial charge in [0.25, 0.3) is 0 Å². The van der Waals surface area contributed by atoms with Crippen LogP contribution in [0.5, 0.6) is 0 Å². The average molecular weight is 259 g/mol. The molecular formula is C15H18FN3. The van der Waals surface area contributed by atoms with E-state index >= 15 is 0 Å². The molecule has 0 spiro atoms. The molecule has 0 aliphatic rings. The van der Waals surface area contributed by atoms with E-state index in [4.69, 9.17) is 5.73 Å². The molecule has 0 saturated heterocycles. The molecule has 2 rings (SSSR count). The normalized spacial score (nSPS) is 10.5. The number of halogens is 1. The minimum Gasteiger partial charge on any atom is -0.355 e. The Labute approximate surface area is 112 Å². The molecule has 0 radical (unpaired) electrons. The first kappa shape index (κ1) is 13.5. The minimum absolute atomic E-state index is 0.220. The number of nitrogens with two attached hydrogens (primary N) is 1. The Morgan fingerprint density at radius 1 is 1.32 bits per heavy atom. The molecule has 3 nitrogen and oxygen atoms in total. The first-order valence-corrected chi connectivity index (χ1v) is 6.22. The van der Waals surface area contributed by atoms with E-state index in [1.54, 1.807) is 12.3 Å². The highest BCUT2D eigenvalue weighted by atomic mass is 19.1. The van der Waals surface area contributed by atoms with Crippen molar-refractivity contribution in [2.75, 3.05) is 11.9 Å². The smallest absolute Gasteiger partial charge is 0.133 e. The van der Waals surface area contributed by atoms with Crippen LogP contribution in [0.4, 0.5) is 10.2 Å². The van der Waals surface area contributed by atoms with Gasteiger partial charge in [0, 0.05) is 31.9 Å². The average Bonchev–Trinajstić information content (AvgIpc) is 2.38. The first-order valence-electron chi connectivity index (χ1n) is 6.22. The largest absolute Gasteiger partial charge is 0.355 e. The lowest BCUT2D eigenvalue weighted by Gasteiger charge is -2.22. The van der Waals surface area contributed by atoms with E-state index in [0.29, 0.717) is 13.1 Å². The summed E-state index contributed by atoms with van der Waals surface area (Å²) in [5.74, 6) is 0.633. The number of aromatic nitrogens is 1. The van der Waals surface area contributed by atoms with Crippen LogP contribution in [0.1, 0.15) is 16.7 Å². The molecule has 2 aromatic rings. The van der Waals surface area contributed by atoms with Crippen LogP contribution in [0, 0.1) is 12.7 Å². The van der Waals surface area contributed by atoms with Crippen molar-refractivity contribution in [1.82, 2.24) is 4.98 Å². The van der Waals surface area contributed by atoms with E-state index in [-0.39, 0.29) is 5.82 Å². The maximum Gasteiger partial charge on any atom is 0.133 e. The van der Waals surface area contributed by atoms with Gasteiger partial charge in [-0.1, -0.05) is 12.1 Å². The highest BCUT2D eigenvalue weighted by Crippen LogP contribution is 2.21. The van der Waals surface area contributed by atoms with Crippen LogP contribution in [0.25, 0.3) is 0 Å². The lowest BCUT2D eigenvalue weighted by atomic mass is 10.1. The van der Waals surface area contributed by atoms with Crippen LogP contribution in [-0.2, 0) is 13.1 Å². The van der Waals surface area contributed by atoms with Crippen molar-refractivity contribution >= 4 is 5.82 Å². The number of rotatable bonds is 4. The van der Waals surface area contributed by atoms with E-state index in [1.165, 1.54) is 12.1 Å². The standard InChI is InChI=1S/C15H18FN3/c1-11-6-7-18-15(14(11)9-17)19(2)10-12-4-3-5-13(16)8-12/h3-8H,9-10,17H2,1-2H3. The molecule has 100 valence electrons. The van der Waals surface area contributed by atoms with Gasteiger partial charge < -0.3 is 10.6 Å². The molecule has 1 heterocycles. The third-order valence-electron chi connectivity index (χ3n) is 3.14. The summed E-state index contributed by atoms with van der Waals surface area (Å²) in [6, 6.07) is 8.54. The zero-order chi connectivity index (χ0) is 13.8. The van der Waals surface area contributed by atoms with Crippen LogP contribution in [0.3, 0.4) is 0 Å². The van der Waals surface area contributed by atoms with Gasteiger partial charge in [-0.25, -0.2) is 9.37 Å². The maximum absolute atomic E-state index is 13.2. The van der Waals surface area contributed by atoms with Crippen molar-refractivity contribution in [3.8, 4) is 0 Å². The number of hydrogen-bond acceptors (Lipinski definition) is 3. The van der Waals surface area contributed by atoms with Crippen molar-refractivity contribution in [2.45, 2.75) is 20.0 Å². The van der Waals surface area contributed by atoms with Crippen LogP contribution < -0.4 is 10.6 Å². The van der Waals surface area contributed by atoms with Crippen LogP contribution in [-0.4, -0.2) is 12.0 Å². The topological polar surface area (TPSA) is 42.2 Å². The second kappa shape index (κ2) is 5.80. The van der Waals surface area contributed by atoms with E-state index in [2.05, 4.69) is 4.98 Å². The molecule has 0 fully saturated rings. The summed E-state index contributed by atoms with van der Waals surface area (Å²) in [4.78, 5) is 6.37. The van der Waals surface area contributed by atoms with E-state index in [0.717, 1.165) is 22.5 Å². The van der Waals surface area contributed by atoms with E-state index < -0.39 is 0 Å². The van der Waals surface area contributed by atoms with Gasteiger partial charge in [0.1, 0.15) is 11.6 Å². The summed E-state index contributed by atoms with van der Waals surface area (Å²) >= 11 is 0. The van der Waals surface area contributed by atoms with Gasteiger partial charge in [-0.2, -0.15) is 0 Å². The maximum atomic E-state index is 13.2. The highest BCUT2D eigenvalue weighted by molar-refractivity contribution is 5.50. The molecule has 1 aromatic carbocycles. The van der Waals surface area contributed by atoms with Crippen molar-refractivity contribution in [2.24, 2.45) is 5.73 Å². The van der Waals surface area contributed by atoms with E-state index in [1.807, 2.05) is 31.0 Å². The van der Waals surface area contributed by atoms with Gasteiger partial charge in [0.2, 0.25) is 0 Å². The number of anilines is 1. The van der Waals surface area contributed by atoms with Gasteiger partial charge in [0.05, 0.1) is 0 Å². The monoisotopic (exact) mass is 259 g/mol. The summed E-state index contributed by atoms with van der Waals surface area (Å²) in [6.45, 7) is 3.06. The zero-order valence-electron chi connectivity index (χ0n) is 11.2. The van der Waals surface area contributed by atoms with Gasteiger partial charge >= 0.3 is 0 Å². The molecular weight excluding hydrogens is 241 g/mol. The zero-order valence-corrected chi connectivity index (χ0v) is 11.2. The molecule has 0 aliphatic carbocycles. The van der Waals surface area contributed by atoms with Crippen molar-refractivity contribution in [3.05, 3.63) is 59.0 Å². The summed E-state index contributed by atoms with van der Waals surface area (Å²) in [7, 11) is 1.94. The second-order valence-corrected chi connectivity index (χ2v) is 4.62. The molecule has 0 aliphatic heterocycles. The molecule has 19 heavy (non-hydrogen) atoms. The molecule has 0 unspecified atom stereocenters. The Balaban J connectivity index is 2.25. The number of aryl methyl sites for hydroxylation is 1. The number of benzene rings is 1. The Morgan fingerprint density at radius 3 is 2.79 bits per heavy atom. The molecule has 1 aromatic heterocycles. The number of hydrogen-bond donors (Lipinski definition) is 1.